The van der Waals surface area contributed by atoms with Crippen LogP contribution in [0.2, 0.25) is 0 Å². The normalized spacial score (nSPS) is 11.2. The number of carbonyl (C=O) groups is 1. The molecule has 0 unspecified atom stereocenters. The van der Waals surface area contributed by atoms with Gasteiger partial charge in [-0.3, -0.25) is 0 Å². The van der Waals surface area contributed by atoms with E-state index in [-0.39, 0.29) is 22.8 Å². The molecule has 0 bridgehead atoms. The lowest BCUT2D eigenvalue weighted by Crippen LogP contribution is -1.99. The minimum Gasteiger partial charge on any atom is -0.508 e. The molecule has 0 atom stereocenters. The van der Waals surface area contributed by atoms with Crippen LogP contribution < -0.4 is 4.74 Å². The predicted molar refractivity (Wildman–Crippen MR) is 82.9 cm³/mol. The van der Waals surface area contributed by atoms with Crippen LogP contribution in [0, 0.1) is 0 Å². The van der Waals surface area contributed by atoms with Gasteiger partial charge < -0.3 is 20.1 Å². The van der Waals surface area contributed by atoms with Gasteiger partial charge in [0.15, 0.2) is 11.5 Å². The maximum atomic E-state index is 11.5. The quantitative estimate of drug-likeness (QED) is 0.583. The Morgan fingerprint density at radius 3 is 2.59 bits per heavy atom. The summed E-state index contributed by atoms with van der Waals surface area (Å²) in [5.41, 5.74) is 0.990. The summed E-state index contributed by atoms with van der Waals surface area (Å²) < 4.78 is 5.28. The molecule has 5 nitrogen and oxygen atoms in total. The maximum absolute atomic E-state index is 11.5. The Kier molecular flexibility index (Phi) is 4.68. The molecule has 0 spiro atoms. The molecule has 2 rings (SSSR count). The number of phenols is 2. The van der Waals surface area contributed by atoms with Gasteiger partial charge in [-0.25, -0.2) is 4.79 Å². The number of aromatic hydroxyl groups is 2. The number of carboxylic acids is 1. The zero-order chi connectivity index (χ0) is 16.1. The number of hydrogen-bond donors (Lipinski definition) is 3. The Balaban J connectivity index is 2.47. The molecular weight excluding hydrogens is 284 g/mol. The summed E-state index contributed by atoms with van der Waals surface area (Å²) >= 11 is 0. The van der Waals surface area contributed by atoms with Crippen LogP contribution in [0.25, 0.3) is 11.6 Å². The molecule has 0 aliphatic rings. The monoisotopic (exact) mass is 300 g/mol. The van der Waals surface area contributed by atoms with Gasteiger partial charge in [-0.1, -0.05) is 18.2 Å². The van der Waals surface area contributed by atoms with Gasteiger partial charge >= 0.3 is 5.97 Å². The van der Waals surface area contributed by atoms with Gasteiger partial charge in [0.05, 0.1) is 12.2 Å². The zero-order valence-corrected chi connectivity index (χ0v) is 12.0. The molecule has 0 heterocycles. The van der Waals surface area contributed by atoms with Crippen LogP contribution in [0.1, 0.15) is 18.1 Å². The van der Waals surface area contributed by atoms with Crippen LogP contribution in [0.5, 0.6) is 17.2 Å². The molecule has 0 saturated heterocycles. The van der Waals surface area contributed by atoms with E-state index in [0.717, 1.165) is 0 Å². The van der Waals surface area contributed by atoms with E-state index < -0.39 is 5.97 Å². The molecule has 0 aliphatic carbocycles. The van der Waals surface area contributed by atoms with Gasteiger partial charge in [-0.15, -0.1) is 0 Å². The van der Waals surface area contributed by atoms with Crippen LogP contribution in [-0.2, 0) is 4.79 Å². The highest BCUT2D eigenvalue weighted by molar-refractivity contribution is 6.20. The lowest BCUT2D eigenvalue weighted by atomic mass is 10.0. The van der Waals surface area contributed by atoms with E-state index in [1.165, 1.54) is 24.3 Å². The fraction of sp³-hybridized carbons (Fsp3) is 0.118. The minimum absolute atomic E-state index is 0.00627. The number of ether oxygens (including phenoxy) is 1. The molecule has 2 aromatic carbocycles. The highest BCUT2D eigenvalue weighted by Gasteiger charge is 2.12. The molecule has 5 heteroatoms. The summed E-state index contributed by atoms with van der Waals surface area (Å²) in [7, 11) is 0. The van der Waals surface area contributed by atoms with Gasteiger partial charge in [0.1, 0.15) is 5.75 Å². The summed E-state index contributed by atoms with van der Waals surface area (Å²) in [4.78, 5) is 11.5. The number of phenolic OH excluding ortho intramolecular Hbond substituents is 2. The smallest absolute Gasteiger partial charge is 0.336 e. The second kappa shape index (κ2) is 6.67. The van der Waals surface area contributed by atoms with E-state index in [1.807, 2.05) is 0 Å². The summed E-state index contributed by atoms with van der Waals surface area (Å²) in [6.07, 6.45) is 1.46. The van der Waals surface area contributed by atoms with Gasteiger partial charge in [0.2, 0.25) is 0 Å². The number of benzene rings is 2. The van der Waals surface area contributed by atoms with E-state index in [1.54, 1.807) is 31.2 Å². The highest BCUT2D eigenvalue weighted by atomic mass is 16.5. The van der Waals surface area contributed by atoms with Gasteiger partial charge in [0.25, 0.3) is 0 Å². The molecule has 22 heavy (non-hydrogen) atoms. The SMILES string of the molecule is CCOc1cc(/C=C(\C(=O)O)c2cccc(O)c2)ccc1O. The van der Waals surface area contributed by atoms with Crippen molar-refractivity contribution in [2.45, 2.75) is 6.92 Å². The predicted octanol–water partition coefficient (Wildman–Crippen LogP) is 3.12. The van der Waals surface area contributed by atoms with E-state index in [9.17, 15) is 20.1 Å². The summed E-state index contributed by atoms with van der Waals surface area (Å²) in [6, 6.07) is 10.6. The first-order valence-electron chi connectivity index (χ1n) is 6.71. The van der Waals surface area contributed by atoms with Crippen LogP contribution in [0.15, 0.2) is 42.5 Å². The zero-order valence-electron chi connectivity index (χ0n) is 12.0. The first-order valence-corrected chi connectivity index (χ1v) is 6.71. The van der Waals surface area contributed by atoms with Crippen molar-refractivity contribution in [2.24, 2.45) is 0 Å². The van der Waals surface area contributed by atoms with E-state index in [2.05, 4.69) is 0 Å². The van der Waals surface area contributed by atoms with Gasteiger partial charge in [-0.2, -0.15) is 0 Å². The standard InChI is InChI=1S/C17H16O5/c1-2-22-16-9-11(6-7-15(16)19)8-14(17(20)21)12-4-3-5-13(18)10-12/h3-10,18-19H,2H2,1H3,(H,20,21)/b14-8-. The fourth-order valence-corrected chi connectivity index (χ4v) is 2.00. The minimum atomic E-state index is -1.11. The molecule has 114 valence electrons. The molecular formula is C17H16O5. The van der Waals surface area contributed by atoms with E-state index in [0.29, 0.717) is 17.7 Å². The van der Waals surface area contributed by atoms with Crippen molar-refractivity contribution in [1.82, 2.24) is 0 Å². The topological polar surface area (TPSA) is 87.0 Å². The molecule has 0 amide bonds. The Hall–Kier alpha value is -2.95. The Morgan fingerprint density at radius 1 is 1.18 bits per heavy atom. The summed E-state index contributed by atoms with van der Waals surface area (Å²) in [5, 5.41) is 28.5. The molecule has 0 fully saturated rings. The molecule has 0 radical (unpaired) electrons. The van der Waals surface area contributed by atoms with Crippen molar-refractivity contribution in [3.8, 4) is 17.2 Å². The molecule has 0 aliphatic heterocycles. The number of carboxylic acid groups (broad SMARTS) is 1. The summed E-state index contributed by atoms with van der Waals surface area (Å²) in [6.45, 7) is 2.18. The maximum Gasteiger partial charge on any atom is 0.336 e. The Bertz CT molecular complexity index is 719. The van der Waals surface area contributed by atoms with Crippen LogP contribution in [-0.4, -0.2) is 27.9 Å². The Morgan fingerprint density at radius 2 is 1.95 bits per heavy atom. The second-order valence-electron chi connectivity index (χ2n) is 4.57. The Labute approximate surface area is 127 Å². The van der Waals surface area contributed by atoms with Crippen molar-refractivity contribution < 1.29 is 24.9 Å². The third kappa shape index (κ3) is 3.58. The second-order valence-corrected chi connectivity index (χ2v) is 4.57. The van der Waals surface area contributed by atoms with Crippen LogP contribution in [0.3, 0.4) is 0 Å². The third-order valence-corrected chi connectivity index (χ3v) is 2.98. The molecule has 0 aromatic heterocycles. The van der Waals surface area contributed by atoms with Crippen molar-refractivity contribution in [2.75, 3.05) is 6.61 Å². The first-order chi connectivity index (χ1) is 10.5. The summed E-state index contributed by atoms with van der Waals surface area (Å²) in [5.74, 6) is -0.841. The lowest BCUT2D eigenvalue weighted by molar-refractivity contribution is -0.130. The molecule has 2 aromatic rings. The van der Waals surface area contributed by atoms with Gasteiger partial charge in [0, 0.05) is 0 Å². The number of hydrogen-bond acceptors (Lipinski definition) is 4. The van der Waals surface area contributed by atoms with Crippen LogP contribution >= 0.6 is 0 Å². The average molecular weight is 300 g/mol. The first kappa shape index (κ1) is 15.4. The van der Waals surface area contributed by atoms with Gasteiger partial charge in [-0.05, 0) is 48.4 Å². The van der Waals surface area contributed by atoms with E-state index in [4.69, 9.17) is 4.74 Å². The van der Waals surface area contributed by atoms with Crippen molar-refractivity contribution >= 4 is 17.6 Å². The molecule has 3 N–H and O–H groups in total. The van der Waals surface area contributed by atoms with Crippen LogP contribution in [0.4, 0.5) is 0 Å². The average Bonchev–Trinajstić information content (AvgIpc) is 2.47. The van der Waals surface area contributed by atoms with E-state index >= 15 is 0 Å². The third-order valence-electron chi connectivity index (χ3n) is 2.98. The lowest BCUT2D eigenvalue weighted by Gasteiger charge is -2.08. The largest absolute Gasteiger partial charge is 0.508 e. The number of rotatable bonds is 5. The van der Waals surface area contributed by atoms with Crippen molar-refractivity contribution in [3.05, 3.63) is 53.6 Å². The van der Waals surface area contributed by atoms with Crippen molar-refractivity contribution in [3.63, 3.8) is 0 Å². The van der Waals surface area contributed by atoms with Crippen molar-refractivity contribution in [1.29, 1.82) is 0 Å². The number of aliphatic carboxylic acids is 1. The highest BCUT2D eigenvalue weighted by Crippen LogP contribution is 2.29. The fourth-order valence-electron chi connectivity index (χ4n) is 2.00. The molecule has 0 saturated carbocycles.